The van der Waals surface area contributed by atoms with Gasteiger partial charge in [0.2, 0.25) is 0 Å². The van der Waals surface area contributed by atoms with Crippen LogP contribution in [0.25, 0.3) is 0 Å². The molecule has 5 rings (SSSR count). The summed E-state index contributed by atoms with van der Waals surface area (Å²) in [6, 6.07) is 40.6. The Morgan fingerprint density at radius 1 is 0.250 bits per heavy atom. The molecule has 0 bridgehead atoms. The van der Waals surface area contributed by atoms with Crippen LogP contribution in [0.5, 0.6) is 0 Å². The van der Waals surface area contributed by atoms with E-state index in [9.17, 15) is 0 Å². The van der Waals surface area contributed by atoms with E-state index in [-0.39, 0.29) is 0 Å². The normalized spacial score (nSPS) is 12.6. The molecule has 0 aliphatic carbocycles. The molecule has 180 valence electrons. The van der Waals surface area contributed by atoms with E-state index in [1.165, 1.54) is 0 Å². The SMILES string of the molecule is Clc1ccc(P(c2ccc(Cl)cc2)(c2ccc(Cl)cc2)(c2ccc(Cl)cc2)c2ccc(Cl)cc2)cc1. The maximum atomic E-state index is 6.42. The van der Waals surface area contributed by atoms with Gasteiger partial charge in [0.1, 0.15) is 0 Å². The van der Waals surface area contributed by atoms with Crippen LogP contribution in [0.15, 0.2) is 121 Å². The van der Waals surface area contributed by atoms with Crippen LogP contribution >= 0.6 is 64.6 Å². The summed E-state index contributed by atoms with van der Waals surface area (Å²) in [6.45, 7) is -3.67. The summed E-state index contributed by atoms with van der Waals surface area (Å²) in [7, 11) is 0. The average molecular weight is 589 g/mol. The van der Waals surface area contributed by atoms with Crippen LogP contribution in [0, 0.1) is 0 Å². The molecule has 0 radical (unpaired) electrons. The van der Waals surface area contributed by atoms with Gasteiger partial charge >= 0.3 is 238 Å². The standard InChI is InChI=1S/C30H20Cl5P/c31-21-1-11-26(12-2-21)36(27-13-3-22(32)4-14-27,28-15-5-23(33)6-16-28,29-17-7-24(34)8-18-29)30-19-9-25(35)10-20-30/h1-20H. The predicted octanol–water partition coefficient (Wildman–Crippen LogP) is 8.43. The Kier molecular flexibility index (Phi) is 7.14. The van der Waals surface area contributed by atoms with Gasteiger partial charge in [0.25, 0.3) is 0 Å². The fraction of sp³-hybridized carbons (Fsp3) is 0. The van der Waals surface area contributed by atoms with Gasteiger partial charge in [-0.2, -0.15) is 0 Å². The van der Waals surface area contributed by atoms with E-state index in [0.717, 1.165) is 26.5 Å². The molecule has 0 saturated carbocycles. The fourth-order valence-corrected chi connectivity index (χ4v) is 12.5. The monoisotopic (exact) mass is 586 g/mol. The molecular weight excluding hydrogens is 569 g/mol. The molecule has 5 aromatic rings. The number of hydrogen-bond acceptors (Lipinski definition) is 0. The molecule has 0 N–H and O–H groups in total. The van der Waals surface area contributed by atoms with Crippen LogP contribution in [0.1, 0.15) is 0 Å². The van der Waals surface area contributed by atoms with E-state index in [0.29, 0.717) is 25.1 Å². The first-order valence-corrected chi connectivity index (χ1v) is 15.3. The molecule has 0 atom stereocenters. The molecule has 0 aromatic heterocycles. The van der Waals surface area contributed by atoms with E-state index >= 15 is 0 Å². The molecule has 5 aromatic carbocycles. The molecule has 0 spiro atoms. The molecule has 0 fully saturated rings. The van der Waals surface area contributed by atoms with Crippen molar-refractivity contribution in [3.8, 4) is 0 Å². The summed E-state index contributed by atoms with van der Waals surface area (Å²) in [6.07, 6.45) is 0. The van der Waals surface area contributed by atoms with Gasteiger partial charge < -0.3 is 0 Å². The molecular formula is C30H20Cl5P. The Balaban J connectivity index is 2.12. The van der Waals surface area contributed by atoms with Crippen molar-refractivity contribution in [1.82, 2.24) is 0 Å². The summed E-state index contributed by atoms with van der Waals surface area (Å²) in [4.78, 5) is 0. The third-order valence-corrected chi connectivity index (χ3v) is 14.6. The third-order valence-electron chi connectivity index (χ3n) is 6.72. The molecule has 0 nitrogen and oxygen atoms in total. The van der Waals surface area contributed by atoms with Crippen molar-refractivity contribution in [2.75, 3.05) is 0 Å². The predicted molar refractivity (Wildman–Crippen MR) is 162 cm³/mol. The molecule has 36 heavy (non-hydrogen) atoms. The minimum absolute atomic E-state index is 0.662. The molecule has 0 heterocycles. The maximum absolute atomic E-state index is 6.42. The topological polar surface area (TPSA) is 0 Å². The van der Waals surface area contributed by atoms with Crippen molar-refractivity contribution in [2.45, 2.75) is 0 Å². The van der Waals surface area contributed by atoms with Crippen molar-refractivity contribution >= 4 is 91.1 Å². The number of rotatable bonds is 5. The molecule has 0 unspecified atom stereocenters. The minimum atomic E-state index is -3.67. The van der Waals surface area contributed by atoms with Crippen molar-refractivity contribution in [1.29, 1.82) is 0 Å². The van der Waals surface area contributed by atoms with E-state index in [2.05, 4.69) is 60.7 Å². The van der Waals surface area contributed by atoms with E-state index < -0.39 is 6.60 Å². The Bertz CT molecular complexity index is 1210. The number of benzene rings is 5. The van der Waals surface area contributed by atoms with Gasteiger partial charge in [-0.25, -0.2) is 0 Å². The van der Waals surface area contributed by atoms with Crippen molar-refractivity contribution in [3.63, 3.8) is 0 Å². The van der Waals surface area contributed by atoms with Gasteiger partial charge in [-0.15, -0.1) is 0 Å². The van der Waals surface area contributed by atoms with Crippen molar-refractivity contribution in [2.24, 2.45) is 0 Å². The summed E-state index contributed by atoms with van der Waals surface area (Å²) in [5.74, 6) is 0. The Morgan fingerprint density at radius 2 is 0.389 bits per heavy atom. The van der Waals surface area contributed by atoms with E-state index in [1.54, 1.807) is 0 Å². The Labute approximate surface area is 236 Å². The van der Waals surface area contributed by atoms with Crippen LogP contribution < -0.4 is 26.5 Å². The van der Waals surface area contributed by atoms with Gasteiger partial charge in [-0.3, -0.25) is 0 Å². The first kappa shape index (κ1) is 25.6. The van der Waals surface area contributed by atoms with Gasteiger partial charge in [0, 0.05) is 0 Å². The molecule has 0 saturated heterocycles. The molecule has 0 aliphatic heterocycles. The van der Waals surface area contributed by atoms with Crippen LogP contribution in [0.4, 0.5) is 0 Å². The number of halogens is 5. The second-order valence-electron chi connectivity index (χ2n) is 8.50. The van der Waals surface area contributed by atoms with E-state index in [1.807, 2.05) is 60.7 Å². The second-order valence-corrected chi connectivity index (χ2v) is 15.5. The van der Waals surface area contributed by atoms with Gasteiger partial charge in [-0.05, 0) is 0 Å². The fourth-order valence-electron chi connectivity index (χ4n) is 5.19. The van der Waals surface area contributed by atoms with E-state index in [4.69, 9.17) is 58.0 Å². The molecule has 0 aliphatic rings. The molecule has 0 amide bonds. The van der Waals surface area contributed by atoms with Crippen LogP contribution in [0.3, 0.4) is 0 Å². The molecule has 6 heteroatoms. The summed E-state index contributed by atoms with van der Waals surface area (Å²) >= 11 is 32.1. The summed E-state index contributed by atoms with van der Waals surface area (Å²) in [5.41, 5.74) is 0. The zero-order valence-corrected chi connectivity index (χ0v) is 23.6. The van der Waals surface area contributed by atoms with Crippen molar-refractivity contribution < 1.29 is 0 Å². The van der Waals surface area contributed by atoms with Gasteiger partial charge in [-0.1, -0.05) is 0 Å². The Morgan fingerprint density at radius 3 is 0.528 bits per heavy atom. The first-order chi connectivity index (χ1) is 17.3. The average Bonchev–Trinajstić information content (AvgIpc) is 2.89. The zero-order valence-electron chi connectivity index (χ0n) is 18.9. The van der Waals surface area contributed by atoms with Crippen molar-refractivity contribution in [3.05, 3.63) is 146 Å². The summed E-state index contributed by atoms with van der Waals surface area (Å²) in [5, 5.41) is 8.86. The van der Waals surface area contributed by atoms with Crippen LogP contribution in [-0.4, -0.2) is 0 Å². The van der Waals surface area contributed by atoms with Gasteiger partial charge in [0.05, 0.1) is 0 Å². The first-order valence-electron chi connectivity index (χ1n) is 11.2. The number of hydrogen-bond donors (Lipinski definition) is 0. The van der Waals surface area contributed by atoms with Gasteiger partial charge in [0.15, 0.2) is 0 Å². The second kappa shape index (κ2) is 10.0. The zero-order chi connectivity index (χ0) is 25.4. The van der Waals surface area contributed by atoms with Crippen LogP contribution in [0.2, 0.25) is 25.1 Å². The Hall–Kier alpha value is -2.02. The van der Waals surface area contributed by atoms with Crippen LogP contribution in [-0.2, 0) is 0 Å². The quantitative estimate of drug-likeness (QED) is 0.181. The summed E-state index contributed by atoms with van der Waals surface area (Å²) < 4.78 is 0. The third kappa shape index (κ3) is 3.97.